The first-order chi connectivity index (χ1) is 18.1. The molecule has 4 atom stereocenters. The zero-order chi connectivity index (χ0) is 27.8. The van der Waals surface area contributed by atoms with Gasteiger partial charge in [-0.2, -0.15) is 0 Å². The first-order valence-electron chi connectivity index (χ1n) is 12.3. The van der Waals surface area contributed by atoms with Crippen LogP contribution in [0.3, 0.4) is 0 Å². The van der Waals surface area contributed by atoms with Crippen molar-refractivity contribution in [1.82, 2.24) is 15.6 Å². The van der Waals surface area contributed by atoms with Crippen LogP contribution in [0.25, 0.3) is 11.3 Å². The number of carbonyl (C=O) groups excluding carboxylic acids is 4. The van der Waals surface area contributed by atoms with Gasteiger partial charge in [-0.3, -0.25) is 19.2 Å². The number of ether oxygens (including phenoxy) is 1. The highest BCUT2D eigenvalue weighted by Gasteiger charge is 2.47. The number of amides is 2. The topological polar surface area (TPSA) is 153 Å². The number of aromatic nitrogens is 1. The third-order valence-electron chi connectivity index (χ3n) is 5.86. The molecule has 0 radical (unpaired) electrons. The summed E-state index contributed by atoms with van der Waals surface area (Å²) in [6.45, 7) is 5.18. The van der Waals surface area contributed by atoms with E-state index in [0.717, 1.165) is 5.56 Å². The van der Waals surface area contributed by atoms with Crippen molar-refractivity contribution >= 4 is 30.9 Å². The number of carbonyl (C=O) groups is 4. The second-order valence-corrected chi connectivity index (χ2v) is 9.42. The van der Waals surface area contributed by atoms with Crippen molar-refractivity contribution in [1.29, 1.82) is 0 Å². The van der Waals surface area contributed by atoms with Crippen LogP contribution in [0.1, 0.15) is 44.1 Å². The predicted molar refractivity (Wildman–Crippen MR) is 137 cm³/mol. The van der Waals surface area contributed by atoms with Gasteiger partial charge in [-0.15, -0.1) is 0 Å². The smallest absolute Gasteiger partial charge is 0.506 e. The van der Waals surface area contributed by atoms with Crippen molar-refractivity contribution in [3.8, 4) is 11.3 Å². The summed E-state index contributed by atoms with van der Waals surface area (Å²) in [6.07, 6.45) is -2.38. The predicted octanol–water partition coefficient (Wildman–Crippen LogP) is 1.29. The maximum Gasteiger partial charge on any atom is 0.552 e. The van der Waals surface area contributed by atoms with Crippen LogP contribution < -0.4 is 10.6 Å². The maximum absolute atomic E-state index is 13.2. The molecule has 1 aliphatic rings. The molecule has 1 aromatic heterocycles. The molecule has 0 aliphatic carbocycles. The number of benzene rings is 1. The van der Waals surface area contributed by atoms with Crippen LogP contribution in [0.15, 0.2) is 48.5 Å². The Hall–Kier alpha value is -3.77. The summed E-state index contributed by atoms with van der Waals surface area (Å²) in [6, 6.07) is 12.9. The number of methoxy groups -OCH3 is 1. The van der Waals surface area contributed by atoms with Crippen molar-refractivity contribution in [3.63, 3.8) is 0 Å². The minimum absolute atomic E-state index is 0.0618. The minimum Gasteiger partial charge on any atom is -0.506 e. The summed E-state index contributed by atoms with van der Waals surface area (Å²) in [4.78, 5) is 54.4. The van der Waals surface area contributed by atoms with Gasteiger partial charge in [-0.1, -0.05) is 50.2 Å². The second-order valence-electron chi connectivity index (χ2n) is 9.42. The Morgan fingerprint density at radius 2 is 1.79 bits per heavy atom. The number of aliphatic hydroxyl groups excluding tert-OH is 1. The SMILES string of the molecule is COC(=O)C[C@@H]1OB(C(CC(C)C)NC(=O)C(NC(=O)c2cccc(-c3ccccc3)n2)C(C)O)OC1=O. The maximum atomic E-state index is 13.2. The highest BCUT2D eigenvalue weighted by atomic mass is 16.7. The number of rotatable bonds is 11. The first-order valence-corrected chi connectivity index (χ1v) is 12.3. The van der Waals surface area contributed by atoms with E-state index in [9.17, 15) is 24.3 Å². The van der Waals surface area contributed by atoms with Gasteiger partial charge in [0.1, 0.15) is 11.7 Å². The minimum atomic E-state index is -1.33. The van der Waals surface area contributed by atoms with E-state index in [1.165, 1.54) is 20.1 Å². The third-order valence-corrected chi connectivity index (χ3v) is 5.86. The zero-order valence-corrected chi connectivity index (χ0v) is 21.7. The molecule has 1 aliphatic heterocycles. The molecule has 1 fully saturated rings. The summed E-state index contributed by atoms with van der Waals surface area (Å²) >= 11 is 0. The molecule has 1 saturated heterocycles. The average Bonchev–Trinajstić information content (AvgIpc) is 3.26. The summed E-state index contributed by atoms with van der Waals surface area (Å²) in [5.74, 6) is -3.47. The Kier molecular flexibility index (Phi) is 9.97. The van der Waals surface area contributed by atoms with Gasteiger partial charge in [0.2, 0.25) is 5.91 Å². The van der Waals surface area contributed by atoms with Crippen molar-refractivity contribution in [3.05, 3.63) is 54.2 Å². The first kappa shape index (κ1) is 28.8. The van der Waals surface area contributed by atoms with E-state index in [4.69, 9.17) is 9.31 Å². The zero-order valence-electron chi connectivity index (χ0n) is 21.7. The van der Waals surface area contributed by atoms with E-state index in [1.807, 2.05) is 44.2 Å². The van der Waals surface area contributed by atoms with Crippen LogP contribution in [-0.2, 0) is 28.4 Å². The highest BCUT2D eigenvalue weighted by molar-refractivity contribution is 6.51. The monoisotopic (exact) mass is 525 g/mol. The number of esters is 1. The van der Waals surface area contributed by atoms with Crippen LogP contribution in [0.2, 0.25) is 0 Å². The lowest BCUT2D eigenvalue weighted by atomic mass is 9.74. The van der Waals surface area contributed by atoms with E-state index >= 15 is 0 Å². The van der Waals surface area contributed by atoms with E-state index in [1.54, 1.807) is 12.1 Å². The summed E-state index contributed by atoms with van der Waals surface area (Å²) < 4.78 is 15.5. The lowest BCUT2D eigenvalue weighted by Crippen LogP contribution is -2.57. The number of hydrogen-bond acceptors (Lipinski definition) is 9. The molecule has 2 aromatic rings. The van der Waals surface area contributed by atoms with Gasteiger partial charge < -0.3 is 29.8 Å². The van der Waals surface area contributed by atoms with Gasteiger partial charge in [0.25, 0.3) is 5.91 Å². The molecule has 38 heavy (non-hydrogen) atoms. The van der Waals surface area contributed by atoms with Gasteiger partial charge in [0, 0.05) is 5.56 Å². The molecule has 2 amide bonds. The Labute approximate surface area is 221 Å². The van der Waals surface area contributed by atoms with Crippen molar-refractivity contribution in [2.45, 2.75) is 57.8 Å². The fraction of sp³-hybridized carbons (Fsp3) is 0.423. The molecule has 3 rings (SSSR count). The van der Waals surface area contributed by atoms with Crippen LogP contribution in [0.4, 0.5) is 0 Å². The fourth-order valence-electron chi connectivity index (χ4n) is 3.95. The summed E-state index contributed by atoms with van der Waals surface area (Å²) in [5, 5.41) is 15.6. The van der Waals surface area contributed by atoms with Crippen LogP contribution >= 0.6 is 0 Å². The quantitative estimate of drug-likeness (QED) is 0.291. The molecule has 0 saturated carbocycles. The molecular formula is C26H32BN3O8. The van der Waals surface area contributed by atoms with E-state index < -0.39 is 55.1 Å². The molecule has 2 heterocycles. The molecule has 1 aromatic carbocycles. The lowest BCUT2D eigenvalue weighted by molar-refractivity contribution is -0.147. The van der Waals surface area contributed by atoms with E-state index in [2.05, 4.69) is 20.4 Å². The number of nitrogens with one attached hydrogen (secondary N) is 2. The van der Waals surface area contributed by atoms with Crippen molar-refractivity contribution < 1.29 is 38.3 Å². The van der Waals surface area contributed by atoms with Crippen molar-refractivity contribution in [2.75, 3.05) is 7.11 Å². The molecular weight excluding hydrogens is 493 g/mol. The molecule has 0 bridgehead atoms. The van der Waals surface area contributed by atoms with Crippen LogP contribution in [0.5, 0.6) is 0 Å². The van der Waals surface area contributed by atoms with Gasteiger partial charge >= 0.3 is 19.1 Å². The molecule has 12 heteroatoms. The Morgan fingerprint density at radius 3 is 2.42 bits per heavy atom. The summed E-state index contributed by atoms with van der Waals surface area (Å²) in [7, 11) is 0.0397. The summed E-state index contributed by atoms with van der Waals surface area (Å²) in [5.41, 5.74) is 1.47. The number of hydrogen-bond donors (Lipinski definition) is 3. The van der Waals surface area contributed by atoms with Gasteiger partial charge in [-0.05, 0) is 31.4 Å². The van der Waals surface area contributed by atoms with Gasteiger partial charge in [0.05, 0.1) is 31.3 Å². The standard InChI is InChI=1S/C26H32BN3O8/c1-15(2)13-21(27-37-20(26(35)38-27)14-22(32)36-4)29-25(34)23(16(3)31)30-24(33)19-12-8-11-18(28-19)17-9-6-5-7-10-17/h5-12,15-16,20-21,23,31H,13-14H2,1-4H3,(H,29,34)(H,30,33)/t16?,20-,21?,23?/m0/s1. The third kappa shape index (κ3) is 7.62. The lowest BCUT2D eigenvalue weighted by Gasteiger charge is -2.26. The van der Waals surface area contributed by atoms with Crippen LogP contribution in [0, 0.1) is 5.92 Å². The van der Waals surface area contributed by atoms with Crippen LogP contribution in [-0.4, -0.2) is 72.3 Å². The van der Waals surface area contributed by atoms with Gasteiger partial charge in [0.15, 0.2) is 6.10 Å². The Balaban J connectivity index is 1.72. The van der Waals surface area contributed by atoms with Gasteiger partial charge in [-0.25, -0.2) is 4.98 Å². The van der Waals surface area contributed by atoms with E-state index in [0.29, 0.717) is 12.1 Å². The highest BCUT2D eigenvalue weighted by Crippen LogP contribution is 2.20. The number of pyridine rings is 1. The molecule has 0 spiro atoms. The average molecular weight is 525 g/mol. The molecule has 11 nitrogen and oxygen atoms in total. The Bertz CT molecular complexity index is 1140. The number of aliphatic hydroxyl groups is 1. The second kappa shape index (κ2) is 13.2. The largest absolute Gasteiger partial charge is 0.552 e. The molecule has 202 valence electrons. The fourth-order valence-corrected chi connectivity index (χ4v) is 3.95. The Morgan fingerprint density at radius 1 is 1.08 bits per heavy atom. The van der Waals surface area contributed by atoms with Crippen molar-refractivity contribution in [2.24, 2.45) is 5.92 Å². The molecule has 3 unspecified atom stereocenters. The normalized spacial score (nSPS) is 17.4. The van der Waals surface area contributed by atoms with E-state index in [-0.39, 0.29) is 18.0 Å². The number of nitrogens with zero attached hydrogens (tertiary/aromatic N) is 1. The molecule has 3 N–H and O–H groups in total.